The zero-order chi connectivity index (χ0) is 12.3. The third-order valence-corrected chi connectivity index (χ3v) is 4.59. The van der Waals surface area contributed by atoms with Crippen LogP contribution in [0.1, 0.15) is 43.1 Å². The minimum atomic E-state index is 0.0774. The molecule has 0 aromatic carbocycles. The van der Waals surface area contributed by atoms with Crippen LogP contribution in [0.4, 0.5) is 0 Å². The maximum Gasteiger partial charge on any atom is 0.195 e. The number of thioether (sulfide) groups is 1. The first-order valence-corrected chi connectivity index (χ1v) is 7.53. The van der Waals surface area contributed by atoms with Crippen molar-refractivity contribution in [3.8, 4) is 0 Å². The first-order chi connectivity index (χ1) is 8.24. The molecule has 1 aliphatic rings. The van der Waals surface area contributed by atoms with E-state index in [2.05, 4.69) is 12.0 Å². The Balaban J connectivity index is 2.19. The van der Waals surface area contributed by atoms with Gasteiger partial charge in [-0.2, -0.15) is 16.9 Å². The van der Waals surface area contributed by atoms with Crippen LogP contribution in [0.15, 0.2) is 6.20 Å². The SMILES string of the molecule is CCCn1ncc(Cl)c1C(=O)C1CCCCS1. The molecule has 1 saturated heterocycles. The normalized spacial score (nSPS) is 20.5. The molecule has 0 N–H and O–H groups in total. The highest BCUT2D eigenvalue weighted by Gasteiger charge is 2.27. The minimum Gasteiger partial charge on any atom is -0.291 e. The second-order valence-electron chi connectivity index (χ2n) is 4.28. The largest absolute Gasteiger partial charge is 0.291 e. The predicted octanol–water partition coefficient (Wildman–Crippen LogP) is 3.41. The molecular weight excluding hydrogens is 256 g/mol. The number of halogens is 1. The molecule has 0 amide bonds. The smallest absolute Gasteiger partial charge is 0.195 e. The molecule has 0 radical (unpaired) electrons. The summed E-state index contributed by atoms with van der Waals surface area (Å²) in [6, 6.07) is 0. The van der Waals surface area contributed by atoms with E-state index in [1.807, 2.05) is 0 Å². The van der Waals surface area contributed by atoms with Gasteiger partial charge in [0.2, 0.25) is 0 Å². The number of hydrogen-bond donors (Lipinski definition) is 0. The van der Waals surface area contributed by atoms with E-state index >= 15 is 0 Å². The third kappa shape index (κ3) is 2.86. The van der Waals surface area contributed by atoms with Crippen molar-refractivity contribution in [3.05, 3.63) is 16.9 Å². The topological polar surface area (TPSA) is 34.9 Å². The van der Waals surface area contributed by atoms with Crippen molar-refractivity contribution in [2.45, 2.75) is 44.4 Å². The van der Waals surface area contributed by atoms with Crippen LogP contribution in [0.5, 0.6) is 0 Å². The summed E-state index contributed by atoms with van der Waals surface area (Å²) in [4.78, 5) is 12.4. The highest BCUT2D eigenvalue weighted by atomic mass is 35.5. The van der Waals surface area contributed by atoms with Crippen molar-refractivity contribution in [1.82, 2.24) is 9.78 Å². The quantitative estimate of drug-likeness (QED) is 0.788. The fraction of sp³-hybridized carbons (Fsp3) is 0.667. The summed E-state index contributed by atoms with van der Waals surface area (Å²) in [6.07, 6.45) is 5.87. The maximum atomic E-state index is 12.4. The van der Waals surface area contributed by atoms with Crippen LogP contribution in [-0.2, 0) is 6.54 Å². The molecule has 1 atom stereocenters. The van der Waals surface area contributed by atoms with Crippen molar-refractivity contribution < 1.29 is 4.79 Å². The maximum absolute atomic E-state index is 12.4. The highest BCUT2D eigenvalue weighted by Crippen LogP contribution is 2.30. The molecule has 0 saturated carbocycles. The Labute approximate surface area is 111 Å². The number of rotatable bonds is 4. The van der Waals surface area contributed by atoms with E-state index in [0.717, 1.165) is 31.6 Å². The number of ketones is 1. The summed E-state index contributed by atoms with van der Waals surface area (Å²) in [6.45, 7) is 2.82. The van der Waals surface area contributed by atoms with Crippen molar-refractivity contribution in [3.63, 3.8) is 0 Å². The molecule has 3 nitrogen and oxygen atoms in total. The second-order valence-corrected chi connectivity index (χ2v) is 6.00. The molecule has 17 heavy (non-hydrogen) atoms. The van der Waals surface area contributed by atoms with Gasteiger partial charge < -0.3 is 0 Å². The average molecular weight is 273 g/mol. The van der Waals surface area contributed by atoms with Crippen molar-refractivity contribution >= 4 is 29.1 Å². The van der Waals surface area contributed by atoms with E-state index in [9.17, 15) is 4.79 Å². The second kappa shape index (κ2) is 5.91. The van der Waals surface area contributed by atoms with Gasteiger partial charge in [-0.1, -0.05) is 24.9 Å². The molecule has 1 aromatic heterocycles. The van der Waals surface area contributed by atoms with Crippen LogP contribution in [-0.4, -0.2) is 26.6 Å². The molecule has 5 heteroatoms. The highest BCUT2D eigenvalue weighted by molar-refractivity contribution is 8.00. The van der Waals surface area contributed by atoms with Crippen LogP contribution in [0, 0.1) is 0 Å². The van der Waals surface area contributed by atoms with Crippen LogP contribution in [0.3, 0.4) is 0 Å². The molecular formula is C12H17ClN2OS. The van der Waals surface area contributed by atoms with Crippen LogP contribution in [0.25, 0.3) is 0 Å². The van der Waals surface area contributed by atoms with E-state index in [1.165, 1.54) is 6.42 Å². The average Bonchev–Trinajstić information content (AvgIpc) is 2.71. The summed E-state index contributed by atoms with van der Waals surface area (Å²) in [7, 11) is 0. The van der Waals surface area contributed by atoms with Gasteiger partial charge in [0.1, 0.15) is 5.69 Å². The fourth-order valence-electron chi connectivity index (χ4n) is 2.09. The van der Waals surface area contributed by atoms with Crippen LogP contribution >= 0.6 is 23.4 Å². The molecule has 2 rings (SSSR count). The van der Waals surface area contributed by atoms with Crippen molar-refractivity contribution in [2.24, 2.45) is 0 Å². The Morgan fingerprint density at radius 3 is 3.12 bits per heavy atom. The standard InChI is InChI=1S/C12H17ClN2OS/c1-2-6-15-11(9(13)8-14-15)12(16)10-5-3-4-7-17-10/h8,10H,2-7H2,1H3. The van der Waals surface area contributed by atoms with Gasteiger partial charge in [-0.3, -0.25) is 9.48 Å². The summed E-state index contributed by atoms with van der Waals surface area (Å²) in [5, 5.41) is 4.75. The van der Waals surface area contributed by atoms with Crippen LogP contribution in [0.2, 0.25) is 5.02 Å². The summed E-state index contributed by atoms with van der Waals surface area (Å²) < 4.78 is 1.75. The Morgan fingerprint density at radius 1 is 1.65 bits per heavy atom. The van der Waals surface area contributed by atoms with Crippen molar-refractivity contribution in [2.75, 3.05) is 5.75 Å². The molecule has 1 fully saturated rings. The first kappa shape index (κ1) is 13.0. The van der Waals surface area contributed by atoms with Gasteiger partial charge >= 0.3 is 0 Å². The lowest BCUT2D eigenvalue weighted by Gasteiger charge is -2.20. The first-order valence-electron chi connectivity index (χ1n) is 6.11. The Bertz CT molecular complexity index is 399. The third-order valence-electron chi connectivity index (χ3n) is 2.94. The summed E-state index contributed by atoms with van der Waals surface area (Å²) in [5.41, 5.74) is 0.605. The van der Waals surface area contributed by atoms with Gasteiger partial charge in [0.05, 0.1) is 16.5 Å². The van der Waals surface area contributed by atoms with Gasteiger partial charge in [-0.05, 0) is 25.0 Å². The molecule has 1 unspecified atom stereocenters. The zero-order valence-electron chi connectivity index (χ0n) is 9.99. The van der Waals surface area contributed by atoms with Crippen molar-refractivity contribution in [1.29, 1.82) is 0 Å². The summed E-state index contributed by atoms with van der Waals surface area (Å²) in [5.74, 6) is 1.24. The number of aromatic nitrogens is 2. The minimum absolute atomic E-state index is 0.0774. The van der Waals surface area contributed by atoms with Gasteiger partial charge in [0.15, 0.2) is 5.78 Å². The van der Waals surface area contributed by atoms with E-state index in [0.29, 0.717) is 10.7 Å². The van der Waals surface area contributed by atoms with Gasteiger partial charge in [0.25, 0.3) is 0 Å². The molecule has 1 aliphatic heterocycles. The number of carbonyl (C=O) groups is 1. The Kier molecular flexibility index (Phi) is 4.51. The Morgan fingerprint density at radius 2 is 2.47 bits per heavy atom. The summed E-state index contributed by atoms with van der Waals surface area (Å²) >= 11 is 7.84. The fourth-order valence-corrected chi connectivity index (χ4v) is 3.57. The molecule has 2 heterocycles. The number of nitrogens with zero attached hydrogens (tertiary/aromatic N) is 2. The number of aryl methyl sites for hydroxylation is 1. The lowest BCUT2D eigenvalue weighted by atomic mass is 10.1. The number of Topliss-reactive ketones (excluding diaryl/α,β-unsaturated/α-hetero) is 1. The van der Waals surface area contributed by atoms with Gasteiger partial charge in [-0.15, -0.1) is 0 Å². The monoisotopic (exact) mass is 272 g/mol. The number of carbonyl (C=O) groups excluding carboxylic acids is 1. The molecule has 0 aliphatic carbocycles. The van der Waals surface area contributed by atoms with Gasteiger partial charge in [0, 0.05) is 6.54 Å². The predicted molar refractivity (Wildman–Crippen MR) is 72.0 cm³/mol. The lowest BCUT2D eigenvalue weighted by Crippen LogP contribution is -2.24. The van der Waals surface area contributed by atoms with E-state index in [4.69, 9.17) is 11.6 Å². The lowest BCUT2D eigenvalue weighted by molar-refractivity contribution is 0.0974. The van der Waals surface area contributed by atoms with E-state index in [-0.39, 0.29) is 11.0 Å². The molecule has 1 aromatic rings. The molecule has 0 spiro atoms. The van der Waals surface area contributed by atoms with E-state index < -0.39 is 0 Å². The Hall–Kier alpha value is -0.480. The van der Waals surface area contributed by atoms with E-state index in [1.54, 1.807) is 22.6 Å². The zero-order valence-corrected chi connectivity index (χ0v) is 11.6. The van der Waals surface area contributed by atoms with Crippen LogP contribution < -0.4 is 0 Å². The van der Waals surface area contributed by atoms with Gasteiger partial charge in [-0.25, -0.2) is 0 Å². The number of hydrogen-bond acceptors (Lipinski definition) is 3. The molecule has 0 bridgehead atoms. The molecule has 94 valence electrons.